The first kappa shape index (κ1) is 12.9. The molecular formula is C14H20N2O2. The number of nitrogens with zero attached hydrogens (tertiary/aromatic N) is 1. The molecule has 98 valence electrons. The molecule has 0 aromatic rings. The Morgan fingerprint density at radius 3 is 2.61 bits per heavy atom. The number of rotatable bonds is 3. The molecule has 2 aliphatic rings. The molecule has 2 rings (SSSR count). The number of primary amides is 1. The third-order valence-electron chi connectivity index (χ3n) is 3.60. The number of nitrogens with two attached hydrogens (primary N) is 1. The van der Waals surface area contributed by atoms with Crippen LogP contribution >= 0.6 is 0 Å². The average Bonchev–Trinajstić information content (AvgIpc) is 3.14. The molecule has 0 bridgehead atoms. The summed E-state index contributed by atoms with van der Waals surface area (Å²) in [6, 6.07) is -0.469. The maximum atomic E-state index is 11.9. The summed E-state index contributed by atoms with van der Waals surface area (Å²) in [6.07, 6.45) is 4.28. The molecule has 2 unspecified atom stereocenters. The van der Waals surface area contributed by atoms with Gasteiger partial charge in [-0.15, -0.1) is 0 Å². The van der Waals surface area contributed by atoms with Gasteiger partial charge in [0.2, 0.25) is 11.8 Å². The van der Waals surface area contributed by atoms with Gasteiger partial charge in [-0.25, -0.2) is 0 Å². The maximum Gasteiger partial charge on any atom is 0.240 e. The van der Waals surface area contributed by atoms with Crippen LogP contribution in [0.5, 0.6) is 0 Å². The fraction of sp³-hybridized carbons (Fsp3) is 0.714. The highest BCUT2D eigenvalue weighted by Crippen LogP contribution is 2.28. The third kappa shape index (κ3) is 3.04. The highest BCUT2D eigenvalue weighted by atomic mass is 16.2. The Bertz CT molecular complexity index is 404. The Labute approximate surface area is 108 Å². The Morgan fingerprint density at radius 1 is 1.39 bits per heavy atom. The van der Waals surface area contributed by atoms with Crippen molar-refractivity contribution in [1.29, 1.82) is 0 Å². The van der Waals surface area contributed by atoms with Crippen molar-refractivity contribution in [1.82, 2.24) is 4.90 Å². The number of hydrogen-bond donors (Lipinski definition) is 1. The lowest BCUT2D eigenvalue weighted by Crippen LogP contribution is -2.51. The van der Waals surface area contributed by atoms with Crippen molar-refractivity contribution in [2.75, 3.05) is 6.54 Å². The Balaban J connectivity index is 2.01. The second-order valence-electron chi connectivity index (χ2n) is 5.17. The maximum absolute atomic E-state index is 11.9. The van der Waals surface area contributed by atoms with Gasteiger partial charge in [-0.3, -0.25) is 9.59 Å². The van der Waals surface area contributed by atoms with Crippen LogP contribution in [0.3, 0.4) is 0 Å². The van der Waals surface area contributed by atoms with Crippen molar-refractivity contribution in [2.45, 2.75) is 45.1 Å². The van der Waals surface area contributed by atoms with Crippen molar-refractivity contribution in [3.05, 3.63) is 0 Å². The fourth-order valence-corrected chi connectivity index (χ4v) is 2.33. The van der Waals surface area contributed by atoms with E-state index in [0.29, 0.717) is 25.3 Å². The van der Waals surface area contributed by atoms with Gasteiger partial charge in [-0.2, -0.15) is 0 Å². The summed E-state index contributed by atoms with van der Waals surface area (Å²) in [5, 5.41) is 0. The zero-order valence-corrected chi connectivity index (χ0v) is 10.8. The lowest BCUT2D eigenvalue weighted by Gasteiger charge is -2.34. The van der Waals surface area contributed by atoms with Crippen LogP contribution in [0, 0.1) is 23.7 Å². The average molecular weight is 248 g/mol. The number of amides is 2. The molecule has 2 fully saturated rings. The van der Waals surface area contributed by atoms with Crippen LogP contribution in [0.1, 0.15) is 39.0 Å². The van der Waals surface area contributed by atoms with Gasteiger partial charge in [0.15, 0.2) is 0 Å². The molecule has 4 heteroatoms. The predicted molar refractivity (Wildman–Crippen MR) is 68.2 cm³/mol. The summed E-state index contributed by atoms with van der Waals surface area (Å²) in [4.78, 5) is 24.8. The van der Waals surface area contributed by atoms with E-state index in [9.17, 15) is 9.59 Å². The standard InChI is InChI=1S/C14H20N2O2/c1-2-12(14(15)18)16-9-11(7-8-13(16)17)6-5-10-3-4-10/h10-12H,2-4,7-9H2,1H3,(H2,15,18). The zero-order chi connectivity index (χ0) is 13.1. The zero-order valence-electron chi connectivity index (χ0n) is 10.8. The summed E-state index contributed by atoms with van der Waals surface area (Å²) in [5.41, 5.74) is 5.35. The molecule has 0 spiro atoms. The second kappa shape index (κ2) is 5.43. The summed E-state index contributed by atoms with van der Waals surface area (Å²) >= 11 is 0. The van der Waals surface area contributed by atoms with E-state index in [4.69, 9.17) is 5.73 Å². The molecular weight excluding hydrogens is 228 g/mol. The van der Waals surface area contributed by atoms with E-state index in [-0.39, 0.29) is 11.8 Å². The molecule has 0 aromatic heterocycles. The Kier molecular flexibility index (Phi) is 3.90. The molecule has 2 N–H and O–H groups in total. The van der Waals surface area contributed by atoms with Crippen molar-refractivity contribution >= 4 is 11.8 Å². The molecule has 2 amide bonds. The van der Waals surface area contributed by atoms with E-state index >= 15 is 0 Å². The predicted octanol–water partition coefficient (Wildman–Crippen LogP) is 0.902. The van der Waals surface area contributed by atoms with E-state index in [0.717, 1.165) is 6.42 Å². The second-order valence-corrected chi connectivity index (χ2v) is 5.17. The van der Waals surface area contributed by atoms with Crippen molar-refractivity contribution < 1.29 is 9.59 Å². The van der Waals surface area contributed by atoms with Crippen LogP contribution in [-0.4, -0.2) is 29.3 Å². The highest BCUT2D eigenvalue weighted by Gasteiger charge is 2.32. The minimum atomic E-state index is -0.469. The van der Waals surface area contributed by atoms with Crippen molar-refractivity contribution in [3.8, 4) is 11.8 Å². The minimum Gasteiger partial charge on any atom is -0.368 e. The Hall–Kier alpha value is -1.50. The highest BCUT2D eigenvalue weighted by molar-refractivity contribution is 5.87. The smallest absolute Gasteiger partial charge is 0.240 e. The molecule has 2 atom stereocenters. The molecule has 4 nitrogen and oxygen atoms in total. The summed E-state index contributed by atoms with van der Waals surface area (Å²) < 4.78 is 0. The van der Waals surface area contributed by atoms with E-state index in [1.165, 1.54) is 12.8 Å². The van der Waals surface area contributed by atoms with Crippen LogP contribution in [0.2, 0.25) is 0 Å². The third-order valence-corrected chi connectivity index (χ3v) is 3.60. The molecule has 1 aliphatic carbocycles. The monoisotopic (exact) mass is 248 g/mol. The molecule has 1 saturated carbocycles. The summed E-state index contributed by atoms with van der Waals surface area (Å²) in [5.74, 6) is 6.90. The van der Waals surface area contributed by atoms with Crippen LogP contribution < -0.4 is 5.73 Å². The number of carbonyl (C=O) groups is 2. The van der Waals surface area contributed by atoms with Gasteiger partial charge >= 0.3 is 0 Å². The number of likely N-dealkylation sites (tertiary alicyclic amines) is 1. The summed E-state index contributed by atoms with van der Waals surface area (Å²) in [6.45, 7) is 2.43. The van der Waals surface area contributed by atoms with Gasteiger partial charge in [0.1, 0.15) is 6.04 Å². The number of hydrogen-bond acceptors (Lipinski definition) is 2. The topological polar surface area (TPSA) is 63.4 Å². The molecule has 1 aliphatic heterocycles. The first-order valence-electron chi connectivity index (χ1n) is 6.71. The number of piperidine rings is 1. The fourth-order valence-electron chi connectivity index (χ4n) is 2.33. The SMILES string of the molecule is CCC(C(N)=O)N1CC(C#CC2CC2)CCC1=O. The lowest BCUT2D eigenvalue weighted by molar-refractivity contribution is -0.142. The summed E-state index contributed by atoms with van der Waals surface area (Å²) in [7, 11) is 0. The van der Waals surface area contributed by atoms with Crippen LogP contribution in [0.25, 0.3) is 0 Å². The van der Waals surface area contributed by atoms with Crippen LogP contribution in [0.15, 0.2) is 0 Å². The first-order chi connectivity index (χ1) is 8.61. The van der Waals surface area contributed by atoms with Crippen LogP contribution in [0.4, 0.5) is 0 Å². The molecule has 1 saturated heterocycles. The van der Waals surface area contributed by atoms with E-state index in [1.54, 1.807) is 4.90 Å². The molecule has 0 radical (unpaired) electrons. The largest absolute Gasteiger partial charge is 0.368 e. The van der Waals surface area contributed by atoms with Crippen LogP contribution in [-0.2, 0) is 9.59 Å². The van der Waals surface area contributed by atoms with Gasteiger partial charge < -0.3 is 10.6 Å². The normalized spacial score (nSPS) is 25.3. The molecule has 1 heterocycles. The van der Waals surface area contributed by atoms with E-state index in [2.05, 4.69) is 11.8 Å². The number of carbonyl (C=O) groups excluding carboxylic acids is 2. The van der Waals surface area contributed by atoms with E-state index in [1.807, 2.05) is 6.92 Å². The van der Waals surface area contributed by atoms with Gasteiger partial charge in [0.25, 0.3) is 0 Å². The van der Waals surface area contributed by atoms with Crippen molar-refractivity contribution in [3.63, 3.8) is 0 Å². The molecule has 18 heavy (non-hydrogen) atoms. The Morgan fingerprint density at radius 2 is 2.06 bits per heavy atom. The van der Waals surface area contributed by atoms with Gasteiger partial charge in [-0.05, 0) is 25.7 Å². The first-order valence-corrected chi connectivity index (χ1v) is 6.71. The minimum absolute atomic E-state index is 0.0325. The van der Waals surface area contributed by atoms with Gasteiger partial charge in [-0.1, -0.05) is 18.8 Å². The lowest BCUT2D eigenvalue weighted by atomic mass is 9.95. The van der Waals surface area contributed by atoms with E-state index < -0.39 is 11.9 Å². The van der Waals surface area contributed by atoms with Gasteiger partial charge in [0.05, 0.1) is 0 Å². The quantitative estimate of drug-likeness (QED) is 0.754. The van der Waals surface area contributed by atoms with Crippen molar-refractivity contribution in [2.24, 2.45) is 17.6 Å². The van der Waals surface area contributed by atoms with Gasteiger partial charge in [0, 0.05) is 24.8 Å². The molecule has 0 aromatic carbocycles.